The third-order valence-electron chi connectivity index (χ3n) is 23.4. The third kappa shape index (κ3) is 10.6. The highest BCUT2D eigenvalue weighted by atomic mass is 32.1. The number of hydrogen-bond donors (Lipinski definition) is 0. The van der Waals surface area contributed by atoms with Crippen molar-refractivity contribution >= 4 is 150 Å². The maximum absolute atomic E-state index is 2.49. The third-order valence-corrected chi connectivity index (χ3v) is 25.9. The number of benzene rings is 18. The summed E-state index contributed by atoms with van der Waals surface area (Å²) in [6.07, 6.45) is 0. The van der Waals surface area contributed by atoms with Crippen LogP contribution in [-0.2, 0) is 0 Å². The van der Waals surface area contributed by atoms with Gasteiger partial charge >= 0.3 is 0 Å². The summed E-state index contributed by atoms with van der Waals surface area (Å²) in [6, 6.07) is 151. The van der Waals surface area contributed by atoms with E-state index in [0.29, 0.717) is 0 Å². The zero-order valence-corrected chi connectivity index (χ0v) is 63.5. The molecule has 4 nitrogen and oxygen atoms in total. The Hall–Kier alpha value is -14.4. The van der Waals surface area contributed by atoms with Crippen molar-refractivity contribution in [3.8, 4) is 89.5 Å². The minimum absolute atomic E-state index is 1.16. The molecule has 0 amide bonds. The Kier molecular flexibility index (Phi) is 15.3. The van der Waals surface area contributed by atoms with E-state index in [4.69, 9.17) is 0 Å². The van der Waals surface area contributed by atoms with Gasteiger partial charge in [0, 0.05) is 117 Å². The van der Waals surface area contributed by atoms with Crippen molar-refractivity contribution < 1.29 is 0 Å². The zero-order valence-electron chi connectivity index (χ0n) is 61.9. The molecule has 6 heterocycles. The molecule has 6 heteroatoms. The molecule has 24 rings (SSSR count). The number of aromatic nitrogens is 4. The van der Waals surface area contributed by atoms with E-state index >= 15 is 0 Å². The summed E-state index contributed by atoms with van der Waals surface area (Å²) in [5, 5.41) is 15.2. The molecular formula is C108H68N4S2. The maximum Gasteiger partial charge on any atom is 0.0547 e. The van der Waals surface area contributed by atoms with Gasteiger partial charge in [-0.2, -0.15) is 0 Å². The first-order valence-corrected chi connectivity index (χ1v) is 40.7. The zero-order chi connectivity index (χ0) is 74.9. The average Bonchev–Trinajstić information content (AvgIpc) is 1.57. The smallest absolute Gasteiger partial charge is 0.0547 e. The second-order valence-electron chi connectivity index (χ2n) is 29.8. The van der Waals surface area contributed by atoms with Crippen LogP contribution in [0.3, 0.4) is 0 Å². The Morgan fingerprint density at radius 1 is 0.149 bits per heavy atom. The van der Waals surface area contributed by atoms with Gasteiger partial charge in [0.15, 0.2) is 0 Å². The molecule has 0 fully saturated rings. The second-order valence-corrected chi connectivity index (χ2v) is 31.9. The fourth-order valence-corrected chi connectivity index (χ4v) is 20.8. The van der Waals surface area contributed by atoms with Crippen LogP contribution in [0.5, 0.6) is 0 Å². The van der Waals surface area contributed by atoms with Gasteiger partial charge in [0.25, 0.3) is 0 Å². The summed E-state index contributed by atoms with van der Waals surface area (Å²) in [6.45, 7) is 0. The van der Waals surface area contributed by atoms with Crippen molar-refractivity contribution in [2.24, 2.45) is 0 Å². The molecule has 114 heavy (non-hydrogen) atoms. The Labute approximate surface area is 665 Å². The van der Waals surface area contributed by atoms with Crippen molar-refractivity contribution in [1.82, 2.24) is 18.3 Å². The number of thiophene rings is 2. The summed E-state index contributed by atoms with van der Waals surface area (Å²) in [7, 11) is 0. The van der Waals surface area contributed by atoms with Crippen molar-refractivity contribution in [3.63, 3.8) is 0 Å². The average molecular weight is 1490 g/mol. The van der Waals surface area contributed by atoms with Gasteiger partial charge in [-0.05, 0) is 171 Å². The normalized spacial score (nSPS) is 11.9. The van der Waals surface area contributed by atoms with Crippen LogP contribution in [0.1, 0.15) is 0 Å². The summed E-state index contributed by atoms with van der Waals surface area (Å²) in [5.74, 6) is 0. The van der Waals surface area contributed by atoms with E-state index < -0.39 is 0 Å². The molecule has 6 aromatic heterocycles. The van der Waals surface area contributed by atoms with Crippen molar-refractivity contribution in [2.75, 3.05) is 0 Å². The molecular weight excluding hydrogens is 1420 g/mol. The van der Waals surface area contributed by atoms with Crippen molar-refractivity contribution in [1.29, 1.82) is 0 Å². The Morgan fingerprint density at radius 2 is 0.456 bits per heavy atom. The predicted octanol–water partition coefficient (Wildman–Crippen LogP) is 30.5. The largest absolute Gasteiger partial charge is 0.309 e. The summed E-state index contributed by atoms with van der Waals surface area (Å²) >= 11 is 3.78. The van der Waals surface area contributed by atoms with Crippen molar-refractivity contribution in [2.45, 2.75) is 0 Å². The van der Waals surface area contributed by atoms with Gasteiger partial charge < -0.3 is 18.3 Å². The number of nitrogens with zero attached hydrogens (tertiary/aromatic N) is 4. The maximum atomic E-state index is 2.49. The van der Waals surface area contributed by atoms with Crippen LogP contribution in [0.25, 0.3) is 217 Å². The Bertz CT molecular complexity index is 7950. The van der Waals surface area contributed by atoms with Crippen LogP contribution in [0.15, 0.2) is 413 Å². The number of hydrogen-bond acceptors (Lipinski definition) is 2. The SMILES string of the molecule is c1ccc(-c2ccc(-c3cc(-n4c5ccccc5c5c(-c6ccc7c8ccccc8n(-c8ccccc8)c7c6)cccc54)cc4c3sc3ccccc34)cc2)cc1.c1ccc(-c2cccc(-c3cc(-n4c5ccccc5c5c(-c6ccc7c8ccccc8n(-c8ccccc8)c7c6)cccc54)cc4c3sc3ccccc34)c2)cc1. The molecule has 532 valence electrons. The highest BCUT2D eigenvalue weighted by Crippen LogP contribution is 2.49. The van der Waals surface area contributed by atoms with Gasteiger partial charge in [0.2, 0.25) is 0 Å². The predicted molar refractivity (Wildman–Crippen MR) is 489 cm³/mol. The number of para-hydroxylation sites is 6. The van der Waals surface area contributed by atoms with Gasteiger partial charge in [-0.15, -0.1) is 22.7 Å². The minimum Gasteiger partial charge on any atom is -0.309 e. The van der Waals surface area contributed by atoms with Crippen molar-refractivity contribution in [3.05, 3.63) is 413 Å². The quantitative estimate of drug-likeness (QED) is 0.130. The molecule has 0 N–H and O–H groups in total. The molecule has 0 unspecified atom stereocenters. The van der Waals surface area contributed by atoms with E-state index in [1.54, 1.807) is 0 Å². The molecule has 0 radical (unpaired) electrons. The highest BCUT2D eigenvalue weighted by Gasteiger charge is 2.25. The van der Waals surface area contributed by atoms with Crippen LogP contribution in [0.2, 0.25) is 0 Å². The van der Waals surface area contributed by atoms with E-state index in [1.165, 1.54) is 194 Å². The lowest BCUT2D eigenvalue weighted by atomic mass is 9.97. The van der Waals surface area contributed by atoms with Gasteiger partial charge in [-0.3, -0.25) is 0 Å². The van der Waals surface area contributed by atoms with Gasteiger partial charge in [-0.25, -0.2) is 0 Å². The molecule has 0 atom stereocenters. The first-order chi connectivity index (χ1) is 56.6. The van der Waals surface area contributed by atoms with Gasteiger partial charge in [-0.1, -0.05) is 297 Å². The first-order valence-electron chi connectivity index (χ1n) is 39.0. The monoisotopic (exact) mass is 1480 g/mol. The summed E-state index contributed by atoms with van der Waals surface area (Å²) in [4.78, 5) is 0. The lowest BCUT2D eigenvalue weighted by Crippen LogP contribution is -1.95. The van der Waals surface area contributed by atoms with Gasteiger partial charge in [0.1, 0.15) is 0 Å². The summed E-state index contributed by atoms with van der Waals surface area (Å²) in [5.41, 5.74) is 29.0. The molecule has 0 bridgehead atoms. The lowest BCUT2D eigenvalue weighted by Gasteiger charge is -2.14. The topological polar surface area (TPSA) is 19.7 Å². The lowest BCUT2D eigenvalue weighted by molar-refractivity contribution is 1.18. The standard InChI is InChI=1S/2C54H34N2S/c1-3-15-35(16-4-1)36-17-13-18-37(31-36)46-33-40(34-47-44-22-9-12-28-52(44)57-54(46)47)56-49-26-11-8-23-45(49)53-41(24-14-27-50(53)56)38-29-30-43-42-21-7-10-25-48(42)55(51(43)32-38)39-19-5-2-6-20-39;1-3-14-35(15-4-1)36-26-28-37(29-27-36)46-33-40(34-47-44-19-9-12-25-52(44)57-54(46)47)56-49-23-11-8-20-45(49)53-41(21-13-24-50(53)56)38-30-31-43-42-18-7-10-22-48(42)55(51(43)32-38)39-16-5-2-6-17-39/h2*1-34H. The van der Waals surface area contributed by atoms with Crippen LogP contribution < -0.4 is 0 Å². The van der Waals surface area contributed by atoms with E-state index in [9.17, 15) is 0 Å². The molecule has 0 saturated carbocycles. The molecule has 0 saturated heterocycles. The summed E-state index contributed by atoms with van der Waals surface area (Å²) < 4.78 is 15.0. The Balaban J connectivity index is 0.000000135. The van der Waals surface area contributed by atoms with E-state index in [1.807, 2.05) is 22.7 Å². The first kappa shape index (κ1) is 65.5. The van der Waals surface area contributed by atoms with Gasteiger partial charge in [0.05, 0.1) is 44.1 Å². The van der Waals surface area contributed by atoms with E-state index in [2.05, 4.69) is 431 Å². The Morgan fingerprint density at radius 3 is 0.930 bits per heavy atom. The molecule has 0 aliphatic carbocycles. The number of fused-ring (bicyclic) bond motifs is 18. The van der Waals surface area contributed by atoms with Crippen LogP contribution in [0.4, 0.5) is 0 Å². The number of rotatable bonds is 10. The van der Waals surface area contributed by atoms with Crippen LogP contribution in [-0.4, -0.2) is 18.3 Å². The fraction of sp³-hybridized carbons (Fsp3) is 0. The van der Waals surface area contributed by atoms with Crippen LogP contribution in [0, 0.1) is 0 Å². The molecule has 0 aliphatic rings. The van der Waals surface area contributed by atoms with E-state index in [-0.39, 0.29) is 0 Å². The van der Waals surface area contributed by atoms with E-state index in [0.717, 1.165) is 22.7 Å². The minimum atomic E-state index is 1.16. The highest BCUT2D eigenvalue weighted by molar-refractivity contribution is 7.26. The molecule has 18 aromatic carbocycles. The second kappa shape index (κ2) is 26.7. The fourth-order valence-electron chi connectivity index (χ4n) is 18.3. The van der Waals surface area contributed by atoms with Crippen LogP contribution >= 0.6 is 22.7 Å². The molecule has 24 aromatic rings. The molecule has 0 aliphatic heterocycles. The molecule has 0 spiro atoms.